The van der Waals surface area contributed by atoms with Gasteiger partial charge in [-0.2, -0.15) is 4.31 Å². The fraction of sp³-hybridized carbons (Fsp3) is 0.476. The number of carbonyl (C=O) groups excluding carboxylic acids is 1. The molecular formula is C21H27N3O4S. The topological polar surface area (TPSA) is 74.1 Å². The molecule has 1 unspecified atom stereocenters. The number of benzene rings is 1. The number of nitrogens with zero attached hydrogens (tertiary/aromatic N) is 3. The van der Waals surface area contributed by atoms with E-state index in [2.05, 4.69) is 0 Å². The quantitative estimate of drug-likeness (QED) is 0.723. The van der Waals surface area contributed by atoms with Crippen LogP contribution in [0.2, 0.25) is 0 Å². The zero-order chi connectivity index (χ0) is 20.4. The zero-order valence-corrected chi connectivity index (χ0v) is 17.5. The summed E-state index contributed by atoms with van der Waals surface area (Å²) in [5.41, 5.74) is 0.910. The minimum absolute atomic E-state index is 0.0105. The smallest absolute Gasteiger partial charge is 0.276 e. The largest absolute Gasteiger partial charge is 0.447 e. The van der Waals surface area contributed by atoms with Crippen LogP contribution in [0.3, 0.4) is 0 Å². The molecule has 3 heterocycles. The first kappa shape index (κ1) is 20.1. The lowest BCUT2D eigenvalue weighted by Crippen LogP contribution is -2.51. The highest BCUT2D eigenvalue weighted by molar-refractivity contribution is 7.89. The Morgan fingerprint density at radius 2 is 1.76 bits per heavy atom. The maximum Gasteiger partial charge on any atom is 0.276 e. The summed E-state index contributed by atoms with van der Waals surface area (Å²) in [4.78, 5) is 16.8. The van der Waals surface area contributed by atoms with Gasteiger partial charge in [0.25, 0.3) is 10.0 Å². The molecule has 0 saturated carbocycles. The van der Waals surface area contributed by atoms with Crippen LogP contribution in [0.4, 0.5) is 5.69 Å². The number of carbonyl (C=O) groups is 1. The van der Waals surface area contributed by atoms with Crippen molar-refractivity contribution in [1.29, 1.82) is 0 Å². The van der Waals surface area contributed by atoms with E-state index in [-0.39, 0.29) is 17.0 Å². The number of piperidine rings is 1. The summed E-state index contributed by atoms with van der Waals surface area (Å²) >= 11 is 0. The first-order valence-electron chi connectivity index (χ1n) is 10.1. The molecule has 4 rings (SSSR count). The van der Waals surface area contributed by atoms with Crippen molar-refractivity contribution in [3.8, 4) is 0 Å². The van der Waals surface area contributed by atoms with Gasteiger partial charge < -0.3 is 9.32 Å². The fourth-order valence-corrected chi connectivity index (χ4v) is 5.57. The molecule has 8 heteroatoms. The number of hydrogen-bond acceptors (Lipinski definition) is 5. The van der Waals surface area contributed by atoms with Crippen molar-refractivity contribution in [2.75, 3.05) is 31.6 Å². The van der Waals surface area contributed by atoms with Crippen LogP contribution >= 0.6 is 0 Å². The van der Waals surface area contributed by atoms with Gasteiger partial charge in [-0.1, -0.05) is 18.2 Å². The zero-order valence-electron chi connectivity index (χ0n) is 16.7. The lowest BCUT2D eigenvalue weighted by atomic mass is 10.0. The molecule has 0 N–H and O–H groups in total. The number of para-hydroxylation sites is 1. The number of likely N-dealkylation sites (N-methyl/N-ethyl adjacent to an activating group) is 1. The van der Waals surface area contributed by atoms with Gasteiger partial charge in [-0.15, -0.1) is 0 Å². The van der Waals surface area contributed by atoms with Crippen LogP contribution in [0, 0.1) is 0 Å². The maximum atomic E-state index is 13.0. The molecule has 1 aromatic heterocycles. The Balaban J connectivity index is 1.45. The molecule has 0 radical (unpaired) electrons. The molecule has 0 bridgehead atoms. The molecule has 156 valence electrons. The number of hydrogen-bond donors (Lipinski definition) is 0. The van der Waals surface area contributed by atoms with Crippen molar-refractivity contribution in [3.05, 3.63) is 48.2 Å². The van der Waals surface area contributed by atoms with Crippen LogP contribution in [0.1, 0.15) is 31.4 Å². The molecule has 2 aliphatic heterocycles. The van der Waals surface area contributed by atoms with Crippen molar-refractivity contribution in [2.45, 2.75) is 43.4 Å². The second-order valence-corrected chi connectivity index (χ2v) is 9.60. The van der Waals surface area contributed by atoms with E-state index in [1.165, 1.54) is 10.4 Å². The predicted molar refractivity (Wildman–Crippen MR) is 110 cm³/mol. The Kier molecular flexibility index (Phi) is 5.76. The fourth-order valence-electron chi connectivity index (χ4n) is 4.12. The Bertz CT molecular complexity index is 951. The molecule has 0 spiro atoms. The standard InChI is InChI=1S/C21H27N3O4S/c1-22(19-10-7-15-24(21(19)25)17-8-3-2-4-9-17)16-18-11-12-20(28-18)29(26,27)23-13-5-6-14-23/h2-4,8-9,11-12,19H,5-7,10,13-16H2,1H3. The Morgan fingerprint density at radius 3 is 2.48 bits per heavy atom. The summed E-state index contributed by atoms with van der Waals surface area (Å²) in [7, 11) is -1.68. The SMILES string of the molecule is CN(Cc1ccc(S(=O)(=O)N2CCCC2)o1)C1CCCN(c2ccccc2)C1=O. The van der Waals surface area contributed by atoms with Crippen molar-refractivity contribution in [3.63, 3.8) is 0 Å². The summed E-state index contributed by atoms with van der Waals surface area (Å²) in [5.74, 6) is 0.622. The monoisotopic (exact) mass is 417 g/mol. The summed E-state index contributed by atoms with van der Waals surface area (Å²) in [6, 6.07) is 12.7. The average Bonchev–Trinajstić information content (AvgIpc) is 3.41. The van der Waals surface area contributed by atoms with Crippen LogP contribution in [-0.4, -0.2) is 56.3 Å². The highest BCUT2D eigenvalue weighted by Crippen LogP contribution is 2.26. The minimum Gasteiger partial charge on any atom is -0.447 e. The van der Waals surface area contributed by atoms with Gasteiger partial charge in [0.2, 0.25) is 11.0 Å². The normalized spacial score (nSPS) is 21.2. The van der Waals surface area contributed by atoms with Gasteiger partial charge >= 0.3 is 0 Å². The molecule has 2 aliphatic rings. The van der Waals surface area contributed by atoms with E-state index in [4.69, 9.17) is 4.42 Å². The lowest BCUT2D eigenvalue weighted by Gasteiger charge is -2.36. The van der Waals surface area contributed by atoms with Crippen LogP contribution in [0.25, 0.3) is 0 Å². The van der Waals surface area contributed by atoms with Gasteiger partial charge in [0.05, 0.1) is 12.6 Å². The predicted octanol–water partition coefficient (Wildman–Crippen LogP) is 2.69. The molecule has 7 nitrogen and oxygen atoms in total. The summed E-state index contributed by atoms with van der Waals surface area (Å²) in [5, 5.41) is -0.0105. The molecule has 1 amide bonds. The summed E-state index contributed by atoms with van der Waals surface area (Å²) in [6.07, 6.45) is 3.47. The van der Waals surface area contributed by atoms with Crippen LogP contribution < -0.4 is 4.90 Å². The number of furan rings is 1. The van der Waals surface area contributed by atoms with Crippen LogP contribution in [0.15, 0.2) is 52.0 Å². The van der Waals surface area contributed by atoms with E-state index in [1.807, 2.05) is 47.2 Å². The molecular weight excluding hydrogens is 390 g/mol. The highest BCUT2D eigenvalue weighted by atomic mass is 32.2. The van der Waals surface area contributed by atoms with Gasteiger partial charge in [0, 0.05) is 25.3 Å². The van der Waals surface area contributed by atoms with Crippen LogP contribution in [0.5, 0.6) is 0 Å². The summed E-state index contributed by atoms with van der Waals surface area (Å²) in [6.45, 7) is 2.19. The van der Waals surface area contributed by atoms with Crippen molar-refractivity contribution >= 4 is 21.6 Å². The van der Waals surface area contributed by atoms with E-state index >= 15 is 0 Å². The average molecular weight is 418 g/mol. The minimum atomic E-state index is -3.56. The number of rotatable bonds is 6. The molecule has 2 fully saturated rings. The van der Waals surface area contributed by atoms with E-state index in [0.29, 0.717) is 31.9 Å². The molecule has 1 aromatic carbocycles. The molecule has 0 aliphatic carbocycles. The van der Waals surface area contributed by atoms with E-state index in [0.717, 1.165) is 31.4 Å². The number of amides is 1. The maximum absolute atomic E-state index is 13.0. The van der Waals surface area contributed by atoms with Gasteiger partial charge in [-0.05, 0) is 57.0 Å². The van der Waals surface area contributed by atoms with Crippen molar-refractivity contribution < 1.29 is 17.6 Å². The van der Waals surface area contributed by atoms with Gasteiger partial charge in [-0.3, -0.25) is 9.69 Å². The molecule has 1 atom stereocenters. The third kappa shape index (κ3) is 4.10. The Labute approximate surface area is 171 Å². The number of anilines is 1. The molecule has 2 saturated heterocycles. The van der Waals surface area contributed by atoms with E-state index < -0.39 is 10.0 Å². The van der Waals surface area contributed by atoms with Crippen LogP contribution in [-0.2, 0) is 21.4 Å². The van der Waals surface area contributed by atoms with E-state index in [9.17, 15) is 13.2 Å². The Hall–Kier alpha value is -2.16. The molecule has 2 aromatic rings. The van der Waals surface area contributed by atoms with Gasteiger partial charge in [-0.25, -0.2) is 8.42 Å². The second kappa shape index (κ2) is 8.30. The first-order chi connectivity index (χ1) is 14.0. The molecule has 29 heavy (non-hydrogen) atoms. The van der Waals surface area contributed by atoms with Crippen molar-refractivity contribution in [2.24, 2.45) is 0 Å². The van der Waals surface area contributed by atoms with Crippen molar-refractivity contribution in [1.82, 2.24) is 9.21 Å². The second-order valence-electron chi connectivity index (χ2n) is 7.73. The highest BCUT2D eigenvalue weighted by Gasteiger charge is 2.34. The first-order valence-corrected chi connectivity index (χ1v) is 11.6. The van der Waals surface area contributed by atoms with Gasteiger partial charge in [0.1, 0.15) is 5.76 Å². The van der Waals surface area contributed by atoms with E-state index in [1.54, 1.807) is 6.07 Å². The third-order valence-electron chi connectivity index (χ3n) is 5.71. The Morgan fingerprint density at radius 1 is 1.03 bits per heavy atom. The lowest BCUT2D eigenvalue weighted by molar-refractivity contribution is -0.125. The number of sulfonamides is 1. The summed E-state index contributed by atoms with van der Waals surface area (Å²) < 4.78 is 32.4. The third-order valence-corrected chi connectivity index (χ3v) is 7.48. The van der Waals surface area contributed by atoms with Gasteiger partial charge in [0.15, 0.2) is 0 Å².